The molecule has 0 bridgehead atoms. The Labute approximate surface area is 195 Å². The number of aliphatic hydroxyl groups is 5. The molecule has 32 heavy (non-hydrogen) atoms. The normalized spacial score (nSPS) is 20.3. The molecule has 0 aliphatic carbocycles. The molecule has 0 aromatic heterocycles. The Morgan fingerprint density at radius 2 is 0.969 bits per heavy atom. The fraction of sp³-hybridized carbons (Fsp3) is 0.750. The fourth-order valence-corrected chi connectivity index (χ4v) is 6.68. The molecule has 10 nitrogen and oxygen atoms in total. The van der Waals surface area contributed by atoms with E-state index in [9.17, 15) is 49.5 Å². The highest BCUT2D eigenvalue weighted by Gasteiger charge is 2.80. The molecule has 0 saturated carbocycles. The van der Waals surface area contributed by atoms with Crippen molar-refractivity contribution in [2.45, 2.75) is 81.6 Å². The number of hydrogen-bond donors (Lipinski definition) is 5. The highest BCUT2D eigenvalue weighted by Crippen LogP contribution is 2.50. The van der Waals surface area contributed by atoms with Crippen molar-refractivity contribution in [2.24, 2.45) is 0 Å². The Morgan fingerprint density at radius 1 is 0.656 bits per heavy atom. The monoisotopic (exact) mass is 496 g/mol. The van der Waals surface area contributed by atoms with Gasteiger partial charge in [-0.1, -0.05) is 13.8 Å². The van der Waals surface area contributed by atoms with E-state index in [1.54, 1.807) is 13.8 Å². The standard InChI is InChI=1S/C20H32O10S2/c1-8-31-16(32-9-2)18(28,12(5)23)20(30,14(7)25)19(29,13(6)24)17(27,11(4)22)15(26)10(3)21/h15-16,26-30H,8-9H2,1-7H3/t15?,17-,18+,19-,20-/m1/s1. The molecule has 0 aromatic rings. The van der Waals surface area contributed by atoms with Crippen LogP contribution >= 0.6 is 23.5 Å². The van der Waals surface area contributed by atoms with Gasteiger partial charge < -0.3 is 25.5 Å². The summed E-state index contributed by atoms with van der Waals surface area (Å²) in [6.07, 6.45) is -2.79. The van der Waals surface area contributed by atoms with Gasteiger partial charge in [0.15, 0.2) is 51.8 Å². The molecule has 0 rings (SSSR count). The van der Waals surface area contributed by atoms with Gasteiger partial charge in [-0.15, -0.1) is 23.5 Å². The molecule has 5 N–H and O–H groups in total. The first-order valence-corrected chi connectivity index (χ1v) is 11.8. The number of Topliss-reactive ketones (excluding diaryl/α,β-unsaturated/α-hetero) is 5. The highest BCUT2D eigenvalue weighted by atomic mass is 32.2. The maximum absolute atomic E-state index is 12.9. The van der Waals surface area contributed by atoms with Crippen molar-refractivity contribution in [2.75, 3.05) is 11.5 Å². The Balaban J connectivity index is 7.84. The molecule has 0 aliphatic rings. The molecular weight excluding hydrogens is 464 g/mol. The van der Waals surface area contributed by atoms with Crippen LogP contribution in [0.25, 0.3) is 0 Å². The molecular formula is C20H32O10S2. The number of aliphatic hydroxyl groups excluding tert-OH is 1. The Hall–Kier alpha value is -1.15. The summed E-state index contributed by atoms with van der Waals surface area (Å²) in [5.41, 5.74) is -14.9. The first-order valence-electron chi connectivity index (χ1n) is 9.75. The van der Waals surface area contributed by atoms with Crippen LogP contribution in [0, 0.1) is 0 Å². The minimum absolute atomic E-state index is 0.257. The number of carbonyl (C=O) groups is 5. The molecule has 12 heteroatoms. The van der Waals surface area contributed by atoms with Gasteiger partial charge >= 0.3 is 0 Å². The van der Waals surface area contributed by atoms with Gasteiger partial charge in [0, 0.05) is 0 Å². The molecule has 0 spiro atoms. The summed E-state index contributed by atoms with van der Waals surface area (Å²) in [5, 5.41) is 56.3. The van der Waals surface area contributed by atoms with Gasteiger partial charge in [0.2, 0.25) is 5.60 Å². The molecule has 0 saturated heterocycles. The van der Waals surface area contributed by atoms with E-state index in [-0.39, 0.29) is 11.5 Å². The van der Waals surface area contributed by atoms with Gasteiger partial charge in [0.1, 0.15) is 0 Å². The van der Waals surface area contributed by atoms with Crippen LogP contribution in [-0.2, 0) is 24.0 Å². The molecule has 5 atom stereocenters. The second-order valence-corrected chi connectivity index (χ2v) is 10.5. The first-order chi connectivity index (χ1) is 14.4. The van der Waals surface area contributed by atoms with Gasteiger partial charge in [-0.05, 0) is 46.1 Å². The minimum Gasteiger partial charge on any atom is -0.382 e. The third-order valence-electron chi connectivity index (χ3n) is 5.48. The quantitative estimate of drug-likeness (QED) is 0.186. The van der Waals surface area contributed by atoms with E-state index >= 15 is 0 Å². The maximum atomic E-state index is 12.9. The summed E-state index contributed by atoms with van der Waals surface area (Å²) < 4.78 is -1.36. The van der Waals surface area contributed by atoms with E-state index < -0.39 is 62.0 Å². The zero-order chi connectivity index (χ0) is 25.9. The minimum atomic E-state index is -4.00. The zero-order valence-electron chi connectivity index (χ0n) is 19.2. The Bertz CT molecular complexity index is 780. The van der Waals surface area contributed by atoms with Crippen LogP contribution in [-0.4, -0.2) is 99.0 Å². The number of hydrogen-bond acceptors (Lipinski definition) is 12. The molecule has 0 amide bonds. The average Bonchev–Trinajstić information content (AvgIpc) is 2.69. The van der Waals surface area contributed by atoms with Crippen molar-refractivity contribution < 1.29 is 49.5 Å². The second-order valence-electron chi connectivity index (χ2n) is 7.43. The van der Waals surface area contributed by atoms with Gasteiger partial charge in [0.25, 0.3) is 0 Å². The highest BCUT2D eigenvalue weighted by molar-refractivity contribution is 8.17. The first kappa shape index (κ1) is 30.9. The number of ketones is 5. The predicted molar refractivity (Wildman–Crippen MR) is 119 cm³/mol. The van der Waals surface area contributed by atoms with Gasteiger partial charge in [-0.3, -0.25) is 24.0 Å². The van der Waals surface area contributed by atoms with Crippen molar-refractivity contribution in [1.29, 1.82) is 0 Å². The Kier molecular flexibility index (Phi) is 10.5. The zero-order valence-corrected chi connectivity index (χ0v) is 20.8. The van der Waals surface area contributed by atoms with Crippen molar-refractivity contribution >= 4 is 52.4 Å². The summed E-state index contributed by atoms with van der Waals surface area (Å²) in [4.78, 5) is 62.8. The molecule has 0 aliphatic heterocycles. The van der Waals surface area contributed by atoms with E-state index in [4.69, 9.17) is 0 Å². The SMILES string of the molecule is CCSC(SCC)[C@@](O)(C(C)=O)[C@](O)(C(C)=O)[C@@](O)(C(C)=O)[C@@](O)(C(C)=O)C(O)C(C)=O. The van der Waals surface area contributed by atoms with Crippen LogP contribution < -0.4 is 0 Å². The Morgan fingerprint density at radius 3 is 1.19 bits per heavy atom. The molecule has 0 aromatic carbocycles. The second kappa shape index (κ2) is 10.9. The van der Waals surface area contributed by atoms with Crippen molar-refractivity contribution in [1.82, 2.24) is 0 Å². The molecule has 0 heterocycles. The van der Waals surface area contributed by atoms with Crippen LogP contribution in [0.4, 0.5) is 0 Å². The van der Waals surface area contributed by atoms with Crippen molar-refractivity contribution in [3.05, 3.63) is 0 Å². The summed E-state index contributed by atoms with van der Waals surface area (Å²) in [5.74, 6) is -6.80. The van der Waals surface area contributed by atoms with Crippen molar-refractivity contribution in [3.63, 3.8) is 0 Å². The van der Waals surface area contributed by atoms with Crippen LogP contribution in [0.15, 0.2) is 0 Å². The van der Waals surface area contributed by atoms with Gasteiger partial charge in [-0.2, -0.15) is 0 Å². The largest absolute Gasteiger partial charge is 0.382 e. The van der Waals surface area contributed by atoms with E-state index in [2.05, 4.69) is 0 Å². The van der Waals surface area contributed by atoms with Crippen LogP contribution in [0.3, 0.4) is 0 Å². The predicted octanol–water partition coefficient (Wildman–Crippen LogP) is -0.951. The van der Waals surface area contributed by atoms with Crippen LogP contribution in [0.5, 0.6) is 0 Å². The summed E-state index contributed by atoms with van der Waals surface area (Å²) in [6.45, 7) is 6.62. The van der Waals surface area contributed by atoms with Gasteiger partial charge in [-0.25, -0.2) is 0 Å². The lowest BCUT2D eigenvalue weighted by atomic mass is 9.57. The van der Waals surface area contributed by atoms with Gasteiger partial charge in [0.05, 0.1) is 4.58 Å². The van der Waals surface area contributed by atoms with E-state index in [0.717, 1.165) is 37.4 Å². The summed E-state index contributed by atoms with van der Waals surface area (Å²) in [6, 6.07) is 0. The lowest BCUT2D eigenvalue weighted by Gasteiger charge is -2.55. The molecule has 0 fully saturated rings. The third-order valence-corrected chi connectivity index (χ3v) is 8.25. The summed E-state index contributed by atoms with van der Waals surface area (Å²) >= 11 is 1.81. The van der Waals surface area contributed by atoms with Crippen LogP contribution in [0.1, 0.15) is 48.5 Å². The summed E-state index contributed by atoms with van der Waals surface area (Å²) in [7, 11) is 0. The number of thioether (sulfide) groups is 2. The number of carbonyl (C=O) groups excluding carboxylic acids is 5. The number of rotatable bonds is 14. The van der Waals surface area contributed by atoms with E-state index in [0.29, 0.717) is 20.8 Å². The lowest BCUT2D eigenvalue weighted by Crippen LogP contribution is -2.87. The van der Waals surface area contributed by atoms with E-state index in [1.165, 1.54) is 0 Å². The van der Waals surface area contributed by atoms with Crippen molar-refractivity contribution in [3.8, 4) is 0 Å². The topological polar surface area (TPSA) is 186 Å². The molecule has 1 unspecified atom stereocenters. The van der Waals surface area contributed by atoms with E-state index in [1.807, 2.05) is 0 Å². The van der Waals surface area contributed by atoms with Crippen LogP contribution in [0.2, 0.25) is 0 Å². The molecule has 0 radical (unpaired) electrons. The average molecular weight is 497 g/mol. The third kappa shape index (κ3) is 4.33. The molecule has 184 valence electrons. The lowest BCUT2D eigenvalue weighted by molar-refractivity contribution is -0.273. The maximum Gasteiger partial charge on any atom is 0.201 e. The smallest absolute Gasteiger partial charge is 0.201 e. The fourth-order valence-electron chi connectivity index (χ4n) is 3.72.